The predicted molar refractivity (Wildman–Crippen MR) is 279 cm³/mol. The van der Waals surface area contributed by atoms with Crippen LogP contribution in [0, 0.1) is 11.8 Å². The first-order valence-electron chi connectivity index (χ1n) is 24.5. The van der Waals surface area contributed by atoms with Gasteiger partial charge in [-0.15, -0.1) is 0 Å². The number of phenols is 1. The number of aromatic hydroxyl groups is 1. The molecule has 25 nitrogen and oxygen atoms in total. The zero-order valence-electron chi connectivity index (χ0n) is 42.5. The van der Waals surface area contributed by atoms with Crippen molar-refractivity contribution in [2.24, 2.45) is 34.0 Å². The number of nitrogens with zero attached hydrogens (tertiary/aromatic N) is 1. The van der Waals surface area contributed by atoms with E-state index in [0.29, 0.717) is 18.5 Å². The smallest absolute Gasteiger partial charge is 0.244 e. The van der Waals surface area contributed by atoms with Gasteiger partial charge in [0.15, 0.2) is 11.7 Å². The minimum Gasteiger partial charge on any atom is -0.508 e. The Balaban J connectivity index is 2.10. The average Bonchev–Trinajstić information content (AvgIpc) is 3.88. The van der Waals surface area contributed by atoms with Crippen molar-refractivity contribution in [3.05, 3.63) is 29.8 Å². The maximum atomic E-state index is 14.4. The molecule has 0 aliphatic carbocycles. The largest absolute Gasteiger partial charge is 0.508 e. The van der Waals surface area contributed by atoms with E-state index >= 15 is 0 Å². The van der Waals surface area contributed by atoms with Crippen LogP contribution in [0.1, 0.15) is 78.7 Å². The zero-order valence-corrected chi connectivity index (χ0v) is 44.2. The number of guanidine groups is 1. The van der Waals surface area contributed by atoms with Crippen molar-refractivity contribution in [1.82, 2.24) is 47.9 Å². The number of Topliss-reactive ketones (excluding diaryl/α,β-unsaturated/α-hetero) is 1. The molecule has 0 spiro atoms. The highest BCUT2D eigenvalue weighted by Crippen LogP contribution is 2.16. The van der Waals surface area contributed by atoms with E-state index in [4.69, 9.17) is 17.2 Å². The molecule has 0 aromatic heterocycles. The fourth-order valence-corrected chi connectivity index (χ4v) is 9.63. The molecule has 9 atom stereocenters. The Morgan fingerprint density at radius 1 is 0.716 bits per heavy atom. The number of carbonyl (C=O) groups excluding carboxylic acids is 10. The number of ketones is 1. The number of amides is 9. The lowest BCUT2D eigenvalue weighted by Crippen LogP contribution is -2.61. The van der Waals surface area contributed by atoms with Crippen molar-refractivity contribution >= 4 is 88.4 Å². The van der Waals surface area contributed by atoms with Crippen LogP contribution in [-0.4, -0.2) is 172 Å². The maximum Gasteiger partial charge on any atom is 0.244 e. The van der Waals surface area contributed by atoms with Crippen LogP contribution in [0.5, 0.6) is 5.75 Å². The highest BCUT2D eigenvalue weighted by Gasteiger charge is 2.35. The van der Waals surface area contributed by atoms with Crippen molar-refractivity contribution < 1.29 is 58.2 Å². The number of primary amides is 1. The van der Waals surface area contributed by atoms with E-state index in [9.17, 15) is 58.2 Å². The lowest BCUT2D eigenvalue weighted by molar-refractivity contribution is -0.136. The Morgan fingerprint density at radius 2 is 1.27 bits per heavy atom. The van der Waals surface area contributed by atoms with Gasteiger partial charge in [0, 0.05) is 24.5 Å². The van der Waals surface area contributed by atoms with Crippen molar-refractivity contribution in [2.75, 3.05) is 42.7 Å². The molecule has 2 saturated heterocycles. The van der Waals surface area contributed by atoms with Crippen LogP contribution in [0.25, 0.3) is 0 Å². The van der Waals surface area contributed by atoms with Crippen molar-refractivity contribution in [3.8, 4) is 5.75 Å². The third-order valence-corrected chi connectivity index (χ3v) is 13.8. The third kappa shape index (κ3) is 22.1. The summed E-state index contributed by atoms with van der Waals surface area (Å²) in [5.74, 6) is -9.12. The molecule has 17 N–H and O–H groups in total. The van der Waals surface area contributed by atoms with E-state index in [1.54, 1.807) is 26.0 Å². The summed E-state index contributed by atoms with van der Waals surface area (Å²) < 4.78 is 0. The molecule has 2 aliphatic rings. The summed E-state index contributed by atoms with van der Waals surface area (Å²) in [6, 6.07) is -5.57. The number of phenolic OH excluding ortho intramolecular Hbond substituents is 1. The lowest BCUT2D eigenvalue weighted by atomic mass is 9.99. The van der Waals surface area contributed by atoms with Crippen molar-refractivity contribution in [3.63, 3.8) is 0 Å². The number of nitrogens with one attached hydrogen (secondary N) is 9. The third-order valence-electron chi connectivity index (χ3n) is 11.6. The van der Waals surface area contributed by atoms with E-state index in [-0.39, 0.29) is 91.0 Å². The Morgan fingerprint density at radius 3 is 1.84 bits per heavy atom. The van der Waals surface area contributed by atoms with Crippen molar-refractivity contribution in [1.29, 1.82) is 0 Å². The van der Waals surface area contributed by atoms with E-state index in [0.717, 1.165) is 29.9 Å². The summed E-state index contributed by atoms with van der Waals surface area (Å²) in [6.45, 7) is 8.32. The number of aliphatic imine (C=N–C) groups is 1. The summed E-state index contributed by atoms with van der Waals surface area (Å²) in [5, 5.41) is 43.8. The minimum absolute atomic E-state index is 0.0314. The van der Waals surface area contributed by atoms with Gasteiger partial charge in [-0.3, -0.25) is 52.9 Å². The quantitative estimate of drug-likeness (QED) is 0.0430. The number of rotatable bonds is 16. The first-order chi connectivity index (χ1) is 35.0. The molecule has 2 fully saturated rings. The second-order valence-electron chi connectivity index (χ2n) is 19.0. The van der Waals surface area contributed by atoms with Crippen LogP contribution in [0.15, 0.2) is 29.3 Å². The topological polar surface area (TPSA) is 410 Å². The maximum absolute atomic E-state index is 14.4. The van der Waals surface area contributed by atoms with Gasteiger partial charge in [-0.25, -0.2) is 0 Å². The summed E-state index contributed by atoms with van der Waals surface area (Å²) in [5.41, 5.74) is 16.8. The molecule has 1 aromatic carbocycles. The Hall–Kier alpha value is -6.19. The van der Waals surface area contributed by atoms with Crippen LogP contribution < -0.4 is 65.1 Å². The number of benzene rings is 1. The average molecular weight is 1080 g/mol. The monoisotopic (exact) mass is 1080 g/mol. The number of carbonyl (C=O) groups is 10. The first kappa shape index (κ1) is 62.1. The fourth-order valence-electron chi connectivity index (χ4n) is 7.67. The minimum atomic E-state index is -1.54. The molecule has 412 valence electrons. The van der Waals surface area contributed by atoms with Gasteiger partial charge in [-0.2, -0.15) is 23.5 Å². The SMILES string of the molecule is CC(C)C[C@@H]1NC(=O)[C@H](Cc2ccc(O)cc2)NC(=O)[C@H](CC(C)C)NC(=O)[C@@H](NC(=O)[C@@H]2CCCN2)CSCC(=O)CSC[C@@H](C(=O)N[C@@H](CO)C(N)=O)NC(=O)[C@H](CCCN=C(N)N)NC(=O)[C@H](C)NC1=O. The predicted octanol–water partition coefficient (Wildman–Crippen LogP) is -3.74. The highest BCUT2D eigenvalue weighted by molar-refractivity contribution is 8.01. The van der Waals surface area contributed by atoms with Crippen LogP contribution in [0.3, 0.4) is 0 Å². The molecule has 74 heavy (non-hydrogen) atoms. The Bertz CT molecular complexity index is 2140. The van der Waals surface area contributed by atoms with Crippen LogP contribution >= 0.6 is 23.5 Å². The van der Waals surface area contributed by atoms with Gasteiger partial charge >= 0.3 is 0 Å². The van der Waals surface area contributed by atoms with E-state index in [1.807, 2.05) is 13.8 Å². The number of hydrogen-bond donors (Lipinski definition) is 14. The summed E-state index contributed by atoms with van der Waals surface area (Å²) in [6.07, 6.45) is 1.31. The first-order valence-corrected chi connectivity index (χ1v) is 26.9. The van der Waals surface area contributed by atoms with Gasteiger partial charge < -0.3 is 75.3 Å². The molecule has 9 amide bonds. The molecule has 27 heteroatoms. The molecule has 2 heterocycles. The second kappa shape index (κ2) is 31.5. The van der Waals surface area contributed by atoms with Gasteiger partial charge in [0.05, 0.1) is 24.2 Å². The van der Waals surface area contributed by atoms with E-state index < -0.39 is 114 Å². The second-order valence-corrected chi connectivity index (χ2v) is 21.1. The van der Waals surface area contributed by atoms with Gasteiger partial charge in [-0.1, -0.05) is 39.8 Å². The molecule has 0 radical (unpaired) electrons. The standard InChI is InChI=1S/C47H75N13O12S2/c1-24(2)16-32-42(68)53-26(5)39(65)54-31(9-7-15-52-47(49)50)41(67)60-37(46(72)58-35(19-61)38(48)64)23-74-21-29(63)20-73-22-36(59-40(66)30-8-6-14-51-30)45(71)56-33(17-25(3)4)43(69)57-34(44(70)55-32)18-27-10-12-28(62)13-11-27/h10-13,24-26,30-37,51,61-62H,6-9,14-23H2,1-5H3,(H2,48,64)(H,53,68)(H,54,65)(H,55,70)(H,56,71)(H,57,69)(H,58,72)(H,59,66)(H,60,67)(H4,49,50,52)/t26-,30-,31-,32-,33-,34-,35-,36-,37-/m0/s1. The summed E-state index contributed by atoms with van der Waals surface area (Å²) >= 11 is 1.95. The number of aliphatic hydroxyl groups excluding tert-OH is 1. The van der Waals surface area contributed by atoms with Gasteiger partial charge in [0.1, 0.15) is 54.1 Å². The van der Waals surface area contributed by atoms with Crippen LogP contribution in [0.4, 0.5) is 0 Å². The highest BCUT2D eigenvalue weighted by atomic mass is 32.2. The number of nitrogens with two attached hydrogens (primary N) is 3. The number of aliphatic hydroxyl groups is 1. The van der Waals surface area contributed by atoms with Crippen molar-refractivity contribution in [2.45, 2.75) is 134 Å². The summed E-state index contributed by atoms with van der Waals surface area (Å²) in [7, 11) is 0. The molecular weight excluding hydrogens is 1000 g/mol. The summed E-state index contributed by atoms with van der Waals surface area (Å²) in [4.78, 5) is 141. The van der Waals surface area contributed by atoms with Gasteiger partial charge in [-0.05, 0) is 81.5 Å². The molecule has 0 unspecified atom stereocenters. The Labute approximate surface area is 439 Å². The molecule has 2 aliphatic heterocycles. The molecule has 1 aromatic rings. The Kier molecular flexibility index (Phi) is 26.5. The van der Waals surface area contributed by atoms with Gasteiger partial charge in [0.25, 0.3) is 0 Å². The number of thioether (sulfide) groups is 2. The lowest BCUT2D eigenvalue weighted by Gasteiger charge is -2.28. The van der Waals surface area contributed by atoms with E-state index in [1.165, 1.54) is 19.1 Å². The molecule has 3 rings (SSSR count). The van der Waals surface area contributed by atoms with Gasteiger partial charge in [0.2, 0.25) is 53.2 Å². The van der Waals surface area contributed by atoms with E-state index in [2.05, 4.69) is 52.8 Å². The van der Waals surface area contributed by atoms with Crippen LogP contribution in [-0.2, 0) is 54.4 Å². The number of hydrogen-bond acceptors (Lipinski definition) is 16. The zero-order chi connectivity index (χ0) is 55.1. The normalized spacial score (nSPS) is 25.1. The fraction of sp³-hybridized carbons (Fsp3) is 0.638. The van der Waals surface area contributed by atoms with Crippen LogP contribution in [0.2, 0.25) is 0 Å². The molecule has 0 saturated carbocycles. The molecule has 0 bridgehead atoms. The molecular formula is C47H75N13O12S2.